The number of esters is 1. The molecule has 0 spiro atoms. The predicted octanol–water partition coefficient (Wildman–Crippen LogP) is 2.51. The summed E-state index contributed by atoms with van der Waals surface area (Å²) in [5.41, 5.74) is 1.31. The van der Waals surface area contributed by atoms with Crippen LogP contribution in [-0.4, -0.2) is 30.1 Å². The molecule has 120 valence electrons. The van der Waals surface area contributed by atoms with Crippen molar-refractivity contribution in [1.82, 2.24) is 5.32 Å². The summed E-state index contributed by atoms with van der Waals surface area (Å²) < 4.78 is 5.80. The predicted molar refractivity (Wildman–Crippen MR) is 94.2 cm³/mol. The van der Waals surface area contributed by atoms with E-state index in [9.17, 15) is 14.7 Å². The monoisotopic (exact) mass is 425 g/mol. The fourth-order valence-corrected chi connectivity index (χ4v) is 2.68. The molecule has 0 saturated carbocycles. The zero-order valence-corrected chi connectivity index (χ0v) is 14.6. The second-order valence-electron chi connectivity index (χ2n) is 4.89. The Kier molecular flexibility index (Phi) is 5.97. The van der Waals surface area contributed by atoms with Crippen LogP contribution in [0.4, 0.5) is 0 Å². The molecule has 0 bridgehead atoms. The van der Waals surface area contributed by atoms with Crippen molar-refractivity contribution in [3.05, 3.63) is 63.2 Å². The molecule has 2 aromatic carbocycles. The van der Waals surface area contributed by atoms with Crippen LogP contribution in [0, 0.1) is 3.57 Å². The molecule has 1 atom stereocenters. The number of methoxy groups -OCH3 is 1. The van der Waals surface area contributed by atoms with Gasteiger partial charge in [0.1, 0.15) is 11.8 Å². The van der Waals surface area contributed by atoms with Crippen LogP contribution in [0.1, 0.15) is 15.9 Å². The highest BCUT2D eigenvalue weighted by atomic mass is 127. The highest BCUT2D eigenvalue weighted by Gasteiger charge is 2.23. The van der Waals surface area contributed by atoms with Gasteiger partial charge in [0, 0.05) is 15.6 Å². The number of carbonyl (C=O) groups excluding carboxylic acids is 2. The van der Waals surface area contributed by atoms with E-state index in [0.717, 1.165) is 9.13 Å². The van der Waals surface area contributed by atoms with E-state index in [2.05, 4.69) is 27.9 Å². The lowest BCUT2D eigenvalue weighted by molar-refractivity contribution is -0.142. The van der Waals surface area contributed by atoms with E-state index in [1.165, 1.54) is 31.4 Å². The molecule has 2 aromatic rings. The fraction of sp³-hybridized carbons (Fsp3) is 0.176. The molecule has 6 heteroatoms. The summed E-state index contributed by atoms with van der Waals surface area (Å²) in [5, 5.41) is 11.9. The standard InChI is InChI=1S/C17H16INO4/c1-23-17(22)15(10-12-4-2-3-5-14(12)18)19-16(21)11-6-8-13(20)9-7-11/h2-9,15,20H,10H2,1H3,(H,19,21)/t15-/m0/s1. The van der Waals surface area contributed by atoms with Gasteiger partial charge in [0.05, 0.1) is 7.11 Å². The van der Waals surface area contributed by atoms with Crippen molar-refractivity contribution >= 4 is 34.5 Å². The van der Waals surface area contributed by atoms with Crippen LogP contribution in [0.2, 0.25) is 0 Å². The van der Waals surface area contributed by atoms with Gasteiger partial charge in [-0.15, -0.1) is 0 Å². The second-order valence-corrected chi connectivity index (χ2v) is 6.05. The second kappa shape index (κ2) is 7.96. The van der Waals surface area contributed by atoms with Gasteiger partial charge in [-0.1, -0.05) is 18.2 Å². The first-order valence-corrected chi connectivity index (χ1v) is 8.00. The smallest absolute Gasteiger partial charge is 0.328 e. The summed E-state index contributed by atoms with van der Waals surface area (Å²) in [4.78, 5) is 24.2. The number of nitrogens with one attached hydrogen (secondary N) is 1. The van der Waals surface area contributed by atoms with E-state index in [1.54, 1.807) is 0 Å². The Morgan fingerprint density at radius 2 is 1.83 bits per heavy atom. The first kappa shape index (κ1) is 17.3. The van der Waals surface area contributed by atoms with Gasteiger partial charge >= 0.3 is 5.97 Å². The van der Waals surface area contributed by atoms with E-state index in [-0.39, 0.29) is 5.75 Å². The number of ether oxygens (including phenoxy) is 1. The van der Waals surface area contributed by atoms with Crippen LogP contribution in [-0.2, 0) is 16.0 Å². The number of aromatic hydroxyl groups is 1. The first-order chi connectivity index (χ1) is 11.0. The van der Waals surface area contributed by atoms with E-state index in [0.29, 0.717) is 12.0 Å². The van der Waals surface area contributed by atoms with Gasteiger partial charge in [0.2, 0.25) is 0 Å². The number of benzene rings is 2. The maximum atomic E-state index is 12.3. The van der Waals surface area contributed by atoms with Crippen molar-refractivity contribution in [1.29, 1.82) is 0 Å². The van der Waals surface area contributed by atoms with Crippen molar-refractivity contribution in [2.75, 3.05) is 7.11 Å². The Morgan fingerprint density at radius 1 is 1.17 bits per heavy atom. The third-order valence-electron chi connectivity index (χ3n) is 3.30. The number of phenols is 1. The van der Waals surface area contributed by atoms with Gasteiger partial charge in [0.25, 0.3) is 5.91 Å². The molecule has 0 aliphatic carbocycles. The van der Waals surface area contributed by atoms with Crippen molar-refractivity contribution in [3.63, 3.8) is 0 Å². The van der Waals surface area contributed by atoms with E-state index in [4.69, 9.17) is 4.74 Å². The Hall–Kier alpha value is -2.09. The van der Waals surface area contributed by atoms with Gasteiger partial charge in [-0.2, -0.15) is 0 Å². The summed E-state index contributed by atoms with van der Waals surface area (Å²) in [6, 6.07) is 12.7. The number of amides is 1. The van der Waals surface area contributed by atoms with E-state index < -0.39 is 17.9 Å². The lowest BCUT2D eigenvalue weighted by Gasteiger charge is -2.17. The quantitative estimate of drug-likeness (QED) is 0.571. The largest absolute Gasteiger partial charge is 0.508 e. The highest BCUT2D eigenvalue weighted by Crippen LogP contribution is 2.15. The Bertz CT molecular complexity index is 700. The minimum absolute atomic E-state index is 0.0740. The van der Waals surface area contributed by atoms with Gasteiger partial charge in [0.15, 0.2) is 0 Å². The van der Waals surface area contributed by atoms with E-state index in [1.807, 2.05) is 24.3 Å². The van der Waals surface area contributed by atoms with Crippen LogP contribution in [0.15, 0.2) is 48.5 Å². The summed E-state index contributed by atoms with van der Waals surface area (Å²) in [6.07, 6.45) is 0.343. The molecule has 0 unspecified atom stereocenters. The summed E-state index contributed by atoms with van der Waals surface area (Å²) in [6.45, 7) is 0. The molecule has 0 saturated heterocycles. The maximum Gasteiger partial charge on any atom is 0.328 e. The van der Waals surface area contributed by atoms with Gasteiger partial charge < -0.3 is 15.2 Å². The average Bonchev–Trinajstić information content (AvgIpc) is 2.56. The summed E-state index contributed by atoms with van der Waals surface area (Å²) in [7, 11) is 1.29. The number of phenolic OH excluding ortho intramolecular Hbond substituents is 1. The maximum absolute atomic E-state index is 12.3. The van der Waals surface area contributed by atoms with Crippen molar-refractivity contribution in [2.45, 2.75) is 12.5 Å². The third kappa shape index (κ3) is 4.69. The minimum atomic E-state index is -0.780. The third-order valence-corrected chi connectivity index (χ3v) is 4.35. The number of carbonyl (C=O) groups is 2. The molecular formula is C17H16INO4. The van der Waals surface area contributed by atoms with Crippen LogP contribution in [0.3, 0.4) is 0 Å². The topological polar surface area (TPSA) is 75.6 Å². The molecule has 1 amide bonds. The molecule has 0 aliphatic rings. The molecule has 0 radical (unpaired) electrons. The summed E-state index contributed by atoms with van der Waals surface area (Å²) >= 11 is 2.19. The van der Waals surface area contributed by atoms with E-state index >= 15 is 0 Å². The Balaban J connectivity index is 2.16. The molecule has 0 heterocycles. The van der Waals surface area contributed by atoms with Gasteiger partial charge in [-0.25, -0.2) is 4.79 Å². The van der Waals surface area contributed by atoms with Crippen molar-refractivity contribution in [2.24, 2.45) is 0 Å². The fourth-order valence-electron chi connectivity index (χ4n) is 2.07. The number of hydrogen-bond acceptors (Lipinski definition) is 4. The molecule has 2 N–H and O–H groups in total. The lowest BCUT2D eigenvalue weighted by Crippen LogP contribution is -2.43. The first-order valence-electron chi connectivity index (χ1n) is 6.92. The van der Waals surface area contributed by atoms with Crippen LogP contribution < -0.4 is 5.32 Å². The molecular weight excluding hydrogens is 409 g/mol. The van der Waals surface area contributed by atoms with Crippen LogP contribution >= 0.6 is 22.6 Å². The lowest BCUT2D eigenvalue weighted by atomic mass is 10.1. The zero-order valence-electron chi connectivity index (χ0n) is 12.5. The van der Waals surface area contributed by atoms with Gasteiger partial charge in [-0.3, -0.25) is 4.79 Å². The van der Waals surface area contributed by atoms with Crippen LogP contribution in [0.5, 0.6) is 5.75 Å². The SMILES string of the molecule is COC(=O)[C@H](Cc1ccccc1I)NC(=O)c1ccc(O)cc1. The molecule has 0 fully saturated rings. The average molecular weight is 425 g/mol. The summed E-state index contributed by atoms with van der Waals surface area (Å²) in [5.74, 6) is -0.826. The van der Waals surface area contributed by atoms with Crippen molar-refractivity contribution in [3.8, 4) is 5.75 Å². The van der Waals surface area contributed by atoms with Crippen LogP contribution in [0.25, 0.3) is 0 Å². The number of rotatable bonds is 5. The molecule has 5 nitrogen and oxygen atoms in total. The zero-order chi connectivity index (χ0) is 16.8. The molecule has 0 aliphatic heterocycles. The molecule has 23 heavy (non-hydrogen) atoms. The number of hydrogen-bond donors (Lipinski definition) is 2. The molecule has 0 aromatic heterocycles. The minimum Gasteiger partial charge on any atom is -0.508 e. The highest BCUT2D eigenvalue weighted by molar-refractivity contribution is 14.1. The normalized spacial score (nSPS) is 11.6. The van der Waals surface area contributed by atoms with Crippen molar-refractivity contribution < 1.29 is 19.4 Å². The van der Waals surface area contributed by atoms with Gasteiger partial charge in [-0.05, 0) is 58.5 Å². The Labute approximate surface area is 147 Å². The number of halogens is 1. The Morgan fingerprint density at radius 3 is 2.43 bits per heavy atom. The molecule has 2 rings (SSSR count).